The third-order valence-electron chi connectivity index (χ3n) is 9.44. The Kier molecular flexibility index (Phi) is 10.3. The standard InChI is InChI=1S/C33H57ClOSi/c1-24(2)29-23-30-27(25-17-19-26(20-18-25)32(3,4)5)15-14-16-28(30)31(29)36(9,34)22-13-11-10-12-21-35-33(6,7)8/h17-20,24,27-31H,10-16,21-23H2,1-9H3. The molecule has 1 aromatic carbocycles. The first-order chi connectivity index (χ1) is 16.7. The molecule has 6 unspecified atom stereocenters. The Morgan fingerprint density at radius 3 is 2.14 bits per heavy atom. The molecular formula is C33H57ClOSi. The van der Waals surface area contributed by atoms with Crippen LogP contribution in [0, 0.1) is 23.7 Å². The molecule has 0 bridgehead atoms. The summed E-state index contributed by atoms with van der Waals surface area (Å²) in [6.45, 7) is 21.8. The second-order valence-electron chi connectivity index (χ2n) is 14.8. The van der Waals surface area contributed by atoms with E-state index in [0.29, 0.717) is 0 Å². The number of halogens is 1. The molecular weight excluding hydrogens is 476 g/mol. The van der Waals surface area contributed by atoms with E-state index in [1.807, 2.05) is 0 Å². The zero-order valence-corrected chi connectivity index (χ0v) is 26.9. The van der Waals surface area contributed by atoms with E-state index < -0.39 is 7.38 Å². The van der Waals surface area contributed by atoms with E-state index in [4.69, 9.17) is 15.8 Å². The molecule has 3 rings (SSSR count). The van der Waals surface area contributed by atoms with Crippen molar-refractivity contribution in [1.29, 1.82) is 0 Å². The molecule has 2 fully saturated rings. The maximum Gasteiger partial charge on any atom is 0.157 e. The number of hydrogen-bond donors (Lipinski definition) is 0. The summed E-state index contributed by atoms with van der Waals surface area (Å²) in [6, 6.07) is 11.0. The first-order valence-corrected chi connectivity index (χ1v) is 18.9. The van der Waals surface area contributed by atoms with Crippen LogP contribution < -0.4 is 0 Å². The maximum atomic E-state index is 7.68. The van der Waals surface area contributed by atoms with Gasteiger partial charge in [-0.3, -0.25) is 0 Å². The molecule has 2 aliphatic carbocycles. The molecule has 0 saturated heterocycles. The number of ether oxygens (including phenoxy) is 1. The smallest absolute Gasteiger partial charge is 0.157 e. The number of unbranched alkanes of at least 4 members (excludes halogenated alkanes) is 3. The second-order valence-corrected chi connectivity index (χ2v) is 21.1. The summed E-state index contributed by atoms with van der Waals surface area (Å²) in [5.41, 5.74) is 4.04. The SMILES string of the molecule is CC(C)C1CC2C(c3ccc(C(C)(C)C)cc3)CCCC2C1[Si](C)(Cl)CCCCCCOC(C)(C)C. The van der Waals surface area contributed by atoms with Crippen LogP contribution in [0.5, 0.6) is 0 Å². The van der Waals surface area contributed by atoms with Gasteiger partial charge in [-0.15, -0.1) is 0 Å². The Labute approximate surface area is 230 Å². The van der Waals surface area contributed by atoms with Gasteiger partial charge in [-0.2, -0.15) is 11.1 Å². The molecule has 0 aromatic heterocycles. The Morgan fingerprint density at radius 1 is 0.917 bits per heavy atom. The van der Waals surface area contributed by atoms with Crippen LogP contribution in [0.4, 0.5) is 0 Å². The lowest BCUT2D eigenvalue weighted by Crippen LogP contribution is -2.38. The van der Waals surface area contributed by atoms with Crippen LogP contribution in [-0.2, 0) is 10.2 Å². The second kappa shape index (κ2) is 12.2. The zero-order chi connectivity index (χ0) is 26.7. The highest BCUT2D eigenvalue weighted by Gasteiger charge is 2.55. The van der Waals surface area contributed by atoms with Gasteiger partial charge in [-0.25, -0.2) is 0 Å². The monoisotopic (exact) mass is 532 g/mol. The highest BCUT2D eigenvalue weighted by atomic mass is 35.6. The Balaban J connectivity index is 1.65. The molecule has 206 valence electrons. The van der Waals surface area contributed by atoms with Crippen molar-refractivity contribution >= 4 is 18.5 Å². The highest BCUT2D eigenvalue weighted by Crippen LogP contribution is 2.62. The molecule has 2 aliphatic rings. The number of hydrogen-bond acceptors (Lipinski definition) is 1. The van der Waals surface area contributed by atoms with Gasteiger partial charge in [-0.1, -0.05) is 97.5 Å². The fourth-order valence-corrected chi connectivity index (χ4v) is 12.9. The normalized spacial score (nSPS) is 28.8. The van der Waals surface area contributed by atoms with Gasteiger partial charge >= 0.3 is 0 Å². The molecule has 0 aliphatic heterocycles. The van der Waals surface area contributed by atoms with Crippen LogP contribution in [0.2, 0.25) is 18.1 Å². The van der Waals surface area contributed by atoms with Crippen molar-refractivity contribution in [3.63, 3.8) is 0 Å². The lowest BCUT2D eigenvalue weighted by molar-refractivity contribution is -0.00471. The minimum absolute atomic E-state index is 0.0149. The Morgan fingerprint density at radius 2 is 1.56 bits per heavy atom. The third kappa shape index (κ3) is 7.86. The van der Waals surface area contributed by atoms with Crippen molar-refractivity contribution in [2.45, 2.75) is 142 Å². The van der Waals surface area contributed by atoms with Gasteiger partial charge in [0.1, 0.15) is 0 Å². The van der Waals surface area contributed by atoms with Crippen molar-refractivity contribution in [3.05, 3.63) is 35.4 Å². The molecule has 0 radical (unpaired) electrons. The van der Waals surface area contributed by atoms with E-state index in [2.05, 4.69) is 86.2 Å². The molecule has 1 nitrogen and oxygen atoms in total. The lowest BCUT2D eigenvalue weighted by atomic mass is 9.70. The highest BCUT2D eigenvalue weighted by molar-refractivity contribution is 7.20. The van der Waals surface area contributed by atoms with E-state index in [1.165, 1.54) is 63.0 Å². The molecule has 6 atom stereocenters. The van der Waals surface area contributed by atoms with Crippen LogP contribution in [0.1, 0.15) is 124 Å². The van der Waals surface area contributed by atoms with Crippen molar-refractivity contribution in [1.82, 2.24) is 0 Å². The fourth-order valence-electron chi connectivity index (χ4n) is 7.56. The van der Waals surface area contributed by atoms with Crippen LogP contribution in [0.25, 0.3) is 0 Å². The molecule has 3 heteroatoms. The van der Waals surface area contributed by atoms with Crippen molar-refractivity contribution in [2.24, 2.45) is 23.7 Å². The van der Waals surface area contributed by atoms with Gasteiger partial charge in [0.05, 0.1) is 5.60 Å². The van der Waals surface area contributed by atoms with Crippen molar-refractivity contribution in [2.75, 3.05) is 6.61 Å². The summed E-state index contributed by atoms with van der Waals surface area (Å²) in [5.74, 6) is 3.95. The first kappa shape index (κ1) is 30.2. The molecule has 2 saturated carbocycles. The van der Waals surface area contributed by atoms with Crippen LogP contribution >= 0.6 is 11.1 Å². The predicted octanol–water partition coefficient (Wildman–Crippen LogP) is 10.7. The largest absolute Gasteiger partial charge is 0.376 e. The average molecular weight is 533 g/mol. The summed E-state index contributed by atoms with van der Waals surface area (Å²) in [6.07, 6.45) is 10.6. The summed E-state index contributed by atoms with van der Waals surface area (Å²) >= 11 is 7.68. The number of fused-ring (bicyclic) bond motifs is 1. The molecule has 0 N–H and O–H groups in total. The van der Waals surface area contributed by atoms with Gasteiger partial charge in [0.2, 0.25) is 0 Å². The van der Waals surface area contributed by atoms with Crippen LogP contribution in [0.15, 0.2) is 24.3 Å². The predicted molar refractivity (Wildman–Crippen MR) is 162 cm³/mol. The van der Waals surface area contributed by atoms with E-state index in [1.54, 1.807) is 5.56 Å². The average Bonchev–Trinajstić information content (AvgIpc) is 3.18. The summed E-state index contributed by atoms with van der Waals surface area (Å²) in [4.78, 5) is 0. The van der Waals surface area contributed by atoms with Gasteiger partial charge in [-0.05, 0) is 97.8 Å². The van der Waals surface area contributed by atoms with E-state index in [-0.39, 0.29) is 11.0 Å². The van der Waals surface area contributed by atoms with Crippen LogP contribution in [0.3, 0.4) is 0 Å². The van der Waals surface area contributed by atoms with Gasteiger partial charge in [0.15, 0.2) is 7.38 Å². The van der Waals surface area contributed by atoms with Gasteiger partial charge in [0, 0.05) is 6.61 Å². The van der Waals surface area contributed by atoms with Crippen LogP contribution in [-0.4, -0.2) is 19.6 Å². The quantitative estimate of drug-likeness (QED) is 0.165. The van der Waals surface area contributed by atoms with Crippen molar-refractivity contribution in [3.8, 4) is 0 Å². The fraction of sp³-hybridized carbons (Fsp3) is 0.818. The number of rotatable bonds is 10. The Hall–Kier alpha value is -0.313. The third-order valence-corrected chi connectivity index (χ3v) is 14.3. The molecule has 36 heavy (non-hydrogen) atoms. The molecule has 0 amide bonds. The van der Waals surface area contributed by atoms with E-state index in [0.717, 1.165) is 41.7 Å². The Bertz CT molecular complexity index is 800. The van der Waals surface area contributed by atoms with Gasteiger partial charge < -0.3 is 4.74 Å². The van der Waals surface area contributed by atoms with Gasteiger partial charge in [0.25, 0.3) is 0 Å². The van der Waals surface area contributed by atoms with E-state index in [9.17, 15) is 0 Å². The molecule has 0 spiro atoms. The molecule has 0 heterocycles. The van der Waals surface area contributed by atoms with E-state index >= 15 is 0 Å². The molecule has 1 aromatic rings. The zero-order valence-electron chi connectivity index (χ0n) is 25.1. The minimum atomic E-state index is -1.83. The number of benzene rings is 1. The summed E-state index contributed by atoms with van der Waals surface area (Å²) < 4.78 is 5.91. The maximum absolute atomic E-state index is 7.68. The topological polar surface area (TPSA) is 9.23 Å². The summed E-state index contributed by atoms with van der Waals surface area (Å²) in [7, 11) is -1.83. The lowest BCUT2D eigenvalue weighted by Gasteiger charge is -2.41. The minimum Gasteiger partial charge on any atom is -0.376 e. The first-order valence-electron chi connectivity index (χ1n) is 15.1. The van der Waals surface area contributed by atoms with Crippen molar-refractivity contribution < 1.29 is 4.74 Å². The summed E-state index contributed by atoms with van der Waals surface area (Å²) in [5, 5.41) is 0.